The molecule has 1 unspecified atom stereocenters. The van der Waals surface area contributed by atoms with Crippen molar-refractivity contribution in [2.75, 3.05) is 19.8 Å². The van der Waals surface area contributed by atoms with Crippen LogP contribution >= 0.6 is 0 Å². The number of allylic oxidation sites excluding steroid dienone is 1. The molecule has 0 aromatic heterocycles. The number of hydrogen-bond donors (Lipinski definition) is 0. The highest BCUT2D eigenvalue weighted by Gasteiger charge is 2.37. The minimum Gasteiger partial charge on any atom is -0.465 e. The van der Waals surface area contributed by atoms with E-state index < -0.39 is 30.0 Å². The predicted octanol–water partition coefficient (Wildman–Crippen LogP) is 3.68. The van der Waals surface area contributed by atoms with Gasteiger partial charge in [0.25, 0.3) is 0 Å². The van der Waals surface area contributed by atoms with Crippen LogP contribution in [0, 0.1) is 11.8 Å². The Bertz CT molecular complexity index is 596. The first-order chi connectivity index (χ1) is 12.8. The first-order valence-electron chi connectivity index (χ1n) is 8.49. The van der Waals surface area contributed by atoms with Crippen molar-refractivity contribution >= 4 is 11.9 Å². The highest BCUT2D eigenvalue weighted by Crippen LogP contribution is 2.23. The smallest absolute Gasteiger partial charge is 0.409 e. The number of carbonyl (C=O) groups is 2. The third kappa shape index (κ3) is 8.72. The van der Waals surface area contributed by atoms with Crippen molar-refractivity contribution in [1.82, 2.24) is 0 Å². The molecule has 0 saturated carbocycles. The van der Waals surface area contributed by atoms with Gasteiger partial charge in [-0.2, -0.15) is 13.2 Å². The molecule has 0 amide bonds. The number of esters is 2. The lowest BCUT2D eigenvalue weighted by atomic mass is 9.92. The lowest BCUT2D eigenvalue weighted by molar-refractivity contribution is -0.164. The Hall–Kier alpha value is -2.35. The van der Waals surface area contributed by atoms with Gasteiger partial charge in [-0.3, -0.25) is 9.59 Å². The van der Waals surface area contributed by atoms with Crippen LogP contribution in [0.1, 0.15) is 19.4 Å². The average Bonchev–Trinajstić information content (AvgIpc) is 2.60. The molecule has 5 nitrogen and oxygen atoms in total. The molecule has 1 rings (SSSR count). The van der Waals surface area contributed by atoms with Crippen LogP contribution in [0.15, 0.2) is 42.5 Å². The maximum absolute atomic E-state index is 12.6. The van der Waals surface area contributed by atoms with E-state index in [2.05, 4.69) is 0 Å². The molecule has 1 aromatic rings. The number of hydrogen-bond acceptors (Lipinski definition) is 5. The molecule has 0 heterocycles. The zero-order chi connectivity index (χ0) is 20.3. The zero-order valence-electron chi connectivity index (χ0n) is 15.2. The van der Waals surface area contributed by atoms with E-state index in [-0.39, 0.29) is 32.5 Å². The highest BCUT2D eigenvalue weighted by molar-refractivity contribution is 5.95. The largest absolute Gasteiger partial charge is 0.465 e. The van der Waals surface area contributed by atoms with Gasteiger partial charge < -0.3 is 14.2 Å². The molecule has 0 saturated heterocycles. The van der Waals surface area contributed by atoms with Gasteiger partial charge >= 0.3 is 18.1 Å². The predicted molar refractivity (Wildman–Crippen MR) is 91.5 cm³/mol. The summed E-state index contributed by atoms with van der Waals surface area (Å²) in [6, 6.07) is 8.97. The number of rotatable bonds is 10. The van der Waals surface area contributed by atoms with Gasteiger partial charge in [0.2, 0.25) is 0 Å². The maximum atomic E-state index is 12.6. The Balaban J connectivity index is 2.97. The molecule has 0 fully saturated rings. The minimum absolute atomic E-state index is 0.0185. The Kier molecular flexibility index (Phi) is 9.56. The van der Waals surface area contributed by atoms with Crippen LogP contribution in [0.2, 0.25) is 0 Å². The summed E-state index contributed by atoms with van der Waals surface area (Å²) in [5, 5.41) is 0. The van der Waals surface area contributed by atoms with Crippen LogP contribution < -0.4 is 0 Å². The van der Waals surface area contributed by atoms with Gasteiger partial charge in [-0.1, -0.05) is 36.4 Å². The first kappa shape index (κ1) is 22.7. The van der Waals surface area contributed by atoms with Crippen LogP contribution in [0.3, 0.4) is 0 Å². The normalized spacial score (nSPS) is 13.0. The standard InChI is InChI=1S/C19H23F3O5/c1-3-26-17(23)16(18(24)27-4-2)15(10-11-19(20,21)22)13-25-12-14-8-6-5-7-9-14/h5-11,15-16H,3-4,12-13H2,1-2H3/b11-10-. The Morgan fingerprint density at radius 3 is 2.07 bits per heavy atom. The van der Waals surface area contributed by atoms with Crippen molar-refractivity contribution in [3.8, 4) is 0 Å². The molecule has 0 spiro atoms. The average molecular weight is 388 g/mol. The van der Waals surface area contributed by atoms with Gasteiger partial charge in [-0.15, -0.1) is 0 Å². The summed E-state index contributed by atoms with van der Waals surface area (Å²) < 4.78 is 52.9. The van der Waals surface area contributed by atoms with E-state index in [1.54, 1.807) is 24.3 Å². The molecule has 150 valence electrons. The Labute approximate surface area is 156 Å². The van der Waals surface area contributed by atoms with Crippen LogP contribution in [-0.2, 0) is 30.4 Å². The van der Waals surface area contributed by atoms with Gasteiger partial charge in [0.15, 0.2) is 5.92 Å². The summed E-state index contributed by atoms with van der Waals surface area (Å²) in [5.74, 6) is -4.63. The monoisotopic (exact) mass is 388 g/mol. The molecule has 0 radical (unpaired) electrons. The zero-order valence-corrected chi connectivity index (χ0v) is 15.2. The van der Waals surface area contributed by atoms with Gasteiger partial charge in [-0.25, -0.2) is 0 Å². The lowest BCUT2D eigenvalue weighted by Crippen LogP contribution is -2.36. The summed E-state index contributed by atoms with van der Waals surface area (Å²) in [6.45, 7) is 2.86. The molecular weight excluding hydrogens is 365 g/mol. The topological polar surface area (TPSA) is 61.8 Å². The molecular formula is C19H23F3O5. The van der Waals surface area contributed by atoms with E-state index in [1.807, 2.05) is 6.07 Å². The van der Waals surface area contributed by atoms with Crippen molar-refractivity contribution in [3.63, 3.8) is 0 Å². The quantitative estimate of drug-likeness (QED) is 0.348. The molecule has 1 aromatic carbocycles. The lowest BCUT2D eigenvalue weighted by Gasteiger charge is -2.22. The number of ether oxygens (including phenoxy) is 3. The number of alkyl halides is 3. The maximum Gasteiger partial charge on any atom is 0.409 e. The summed E-state index contributed by atoms with van der Waals surface area (Å²) in [4.78, 5) is 24.3. The molecule has 1 atom stereocenters. The van der Waals surface area contributed by atoms with Crippen LogP contribution in [-0.4, -0.2) is 37.9 Å². The van der Waals surface area contributed by atoms with Gasteiger partial charge in [0.1, 0.15) is 0 Å². The molecule has 0 N–H and O–H groups in total. The summed E-state index contributed by atoms with van der Waals surface area (Å²) in [6.07, 6.45) is -3.87. The van der Waals surface area contributed by atoms with Crippen LogP contribution in [0.25, 0.3) is 0 Å². The van der Waals surface area contributed by atoms with Crippen molar-refractivity contribution < 1.29 is 37.0 Å². The van der Waals surface area contributed by atoms with Crippen molar-refractivity contribution in [3.05, 3.63) is 48.0 Å². The van der Waals surface area contributed by atoms with E-state index in [9.17, 15) is 22.8 Å². The molecule has 27 heavy (non-hydrogen) atoms. The molecule has 0 aliphatic rings. The fourth-order valence-corrected chi connectivity index (χ4v) is 2.29. The van der Waals surface area contributed by atoms with Crippen molar-refractivity contribution in [2.24, 2.45) is 11.8 Å². The fourth-order valence-electron chi connectivity index (χ4n) is 2.29. The molecule has 0 aliphatic heterocycles. The number of halogens is 3. The van der Waals surface area contributed by atoms with Crippen molar-refractivity contribution in [2.45, 2.75) is 26.6 Å². The van der Waals surface area contributed by atoms with Gasteiger partial charge in [0.05, 0.1) is 26.4 Å². The SMILES string of the molecule is CCOC(=O)C(C(=O)OCC)C(/C=C\C(F)(F)F)COCc1ccccc1. The Morgan fingerprint density at radius 2 is 1.59 bits per heavy atom. The second kappa shape index (κ2) is 11.4. The second-order valence-corrected chi connectivity index (χ2v) is 5.55. The number of carbonyl (C=O) groups excluding carboxylic acids is 2. The molecule has 0 aliphatic carbocycles. The first-order valence-corrected chi connectivity index (χ1v) is 8.49. The second-order valence-electron chi connectivity index (χ2n) is 5.55. The van der Waals surface area contributed by atoms with Crippen LogP contribution in [0.5, 0.6) is 0 Å². The highest BCUT2D eigenvalue weighted by atomic mass is 19.4. The van der Waals surface area contributed by atoms with E-state index in [0.717, 1.165) is 11.6 Å². The molecule has 0 bridgehead atoms. The number of benzene rings is 1. The van der Waals surface area contributed by atoms with Crippen LogP contribution in [0.4, 0.5) is 13.2 Å². The van der Waals surface area contributed by atoms with E-state index in [1.165, 1.54) is 13.8 Å². The van der Waals surface area contributed by atoms with Gasteiger partial charge in [0, 0.05) is 12.0 Å². The third-order valence-corrected chi connectivity index (χ3v) is 3.46. The molecule has 8 heteroatoms. The summed E-state index contributed by atoms with van der Waals surface area (Å²) in [7, 11) is 0. The summed E-state index contributed by atoms with van der Waals surface area (Å²) >= 11 is 0. The van der Waals surface area contributed by atoms with Gasteiger partial charge in [-0.05, 0) is 19.4 Å². The summed E-state index contributed by atoms with van der Waals surface area (Å²) in [5.41, 5.74) is 0.805. The van der Waals surface area contributed by atoms with E-state index in [4.69, 9.17) is 14.2 Å². The van der Waals surface area contributed by atoms with Crippen molar-refractivity contribution in [1.29, 1.82) is 0 Å². The van der Waals surface area contributed by atoms with E-state index >= 15 is 0 Å². The minimum atomic E-state index is -4.59. The fraction of sp³-hybridized carbons (Fsp3) is 0.474. The van der Waals surface area contributed by atoms with E-state index in [0.29, 0.717) is 0 Å². The Morgan fingerprint density at radius 1 is 1.04 bits per heavy atom. The third-order valence-electron chi connectivity index (χ3n) is 3.46.